The summed E-state index contributed by atoms with van der Waals surface area (Å²) >= 11 is 0. The molecule has 2 amide bonds. The van der Waals surface area contributed by atoms with Crippen LogP contribution in [0.15, 0.2) is 66.7 Å². The first kappa shape index (κ1) is 24.0. The van der Waals surface area contributed by atoms with E-state index in [1.54, 1.807) is 19.1 Å². The number of hydrogen-bond donors (Lipinski definition) is 3. The van der Waals surface area contributed by atoms with Gasteiger partial charge in [-0.2, -0.15) is 0 Å². The topological polar surface area (TPSA) is 105 Å². The molecule has 7 heteroatoms. The Balaban J connectivity index is 1.41. The summed E-state index contributed by atoms with van der Waals surface area (Å²) in [6.07, 6.45) is 0.402. The normalized spacial score (nSPS) is 12.9. The van der Waals surface area contributed by atoms with Crippen molar-refractivity contribution in [3.63, 3.8) is 0 Å². The lowest BCUT2D eigenvalue weighted by Crippen LogP contribution is -2.44. The molecule has 1 aliphatic carbocycles. The second-order valence-electron chi connectivity index (χ2n) is 8.64. The largest absolute Gasteiger partial charge is 0.478 e. The number of fused-ring (bicyclic) bond motifs is 3. The predicted octanol–water partition coefficient (Wildman–Crippen LogP) is 5.34. The van der Waals surface area contributed by atoms with Gasteiger partial charge in [-0.25, -0.2) is 9.59 Å². The molecule has 0 aliphatic heterocycles. The number of aromatic carboxylic acids is 1. The van der Waals surface area contributed by atoms with E-state index in [4.69, 9.17) is 4.74 Å². The van der Waals surface area contributed by atoms with Crippen molar-refractivity contribution >= 4 is 23.7 Å². The zero-order valence-corrected chi connectivity index (χ0v) is 19.7. The van der Waals surface area contributed by atoms with Crippen molar-refractivity contribution in [2.45, 2.75) is 38.6 Å². The molecule has 0 spiro atoms. The van der Waals surface area contributed by atoms with E-state index in [0.717, 1.165) is 22.3 Å². The molecule has 3 aromatic rings. The Labute approximate surface area is 204 Å². The molecule has 3 aromatic carbocycles. The Hall–Kier alpha value is -4.13. The molecule has 0 fully saturated rings. The molecule has 1 atom stereocenters. The van der Waals surface area contributed by atoms with E-state index in [9.17, 15) is 19.5 Å². The highest BCUT2D eigenvalue weighted by Crippen LogP contribution is 2.44. The monoisotopic (exact) mass is 472 g/mol. The van der Waals surface area contributed by atoms with E-state index in [1.807, 2.05) is 43.3 Å². The number of aryl methyl sites for hydroxylation is 1. The number of hydrogen-bond acceptors (Lipinski definition) is 4. The molecule has 4 rings (SSSR count). The highest BCUT2D eigenvalue weighted by atomic mass is 16.5. The SMILES string of the molecule is CCC[C@@H](NC(=O)OCC1c2ccccc2-c2ccccc21)C(=O)Nc1ccc(C)c(C(=O)O)c1. The van der Waals surface area contributed by atoms with E-state index >= 15 is 0 Å². The quantitative estimate of drug-likeness (QED) is 0.411. The Bertz CT molecular complexity index is 1220. The van der Waals surface area contributed by atoms with Crippen molar-refractivity contribution in [2.24, 2.45) is 0 Å². The molecule has 180 valence electrons. The number of nitrogens with one attached hydrogen (secondary N) is 2. The molecular formula is C28H28N2O5. The molecule has 0 radical (unpaired) electrons. The van der Waals surface area contributed by atoms with Crippen LogP contribution in [-0.4, -0.2) is 35.7 Å². The van der Waals surface area contributed by atoms with Crippen molar-refractivity contribution in [1.82, 2.24) is 5.32 Å². The molecule has 0 bridgehead atoms. The second-order valence-corrected chi connectivity index (χ2v) is 8.64. The fourth-order valence-electron chi connectivity index (χ4n) is 4.50. The van der Waals surface area contributed by atoms with Gasteiger partial charge in [-0.3, -0.25) is 4.79 Å². The van der Waals surface area contributed by atoms with Gasteiger partial charge >= 0.3 is 12.1 Å². The maximum atomic E-state index is 12.9. The van der Waals surface area contributed by atoms with E-state index < -0.39 is 24.0 Å². The Morgan fingerprint density at radius 2 is 1.60 bits per heavy atom. The minimum absolute atomic E-state index is 0.0754. The van der Waals surface area contributed by atoms with Gasteiger partial charge in [0.05, 0.1) is 5.56 Å². The summed E-state index contributed by atoms with van der Waals surface area (Å²) in [7, 11) is 0. The van der Waals surface area contributed by atoms with Crippen LogP contribution in [0.3, 0.4) is 0 Å². The van der Waals surface area contributed by atoms with E-state index in [-0.39, 0.29) is 18.1 Å². The maximum Gasteiger partial charge on any atom is 0.407 e. The molecular weight excluding hydrogens is 444 g/mol. The summed E-state index contributed by atoms with van der Waals surface area (Å²) in [6.45, 7) is 3.75. The number of benzene rings is 3. The van der Waals surface area contributed by atoms with Crippen LogP contribution in [0.2, 0.25) is 0 Å². The van der Waals surface area contributed by atoms with Crippen LogP contribution in [0.5, 0.6) is 0 Å². The summed E-state index contributed by atoms with van der Waals surface area (Å²) in [4.78, 5) is 36.9. The second kappa shape index (κ2) is 10.4. The van der Waals surface area contributed by atoms with Crippen molar-refractivity contribution in [1.29, 1.82) is 0 Å². The standard InChI is InChI=1S/C28H28N2O5/c1-3-8-25(26(31)29-18-14-13-17(2)23(15-18)27(32)33)30-28(34)35-16-24-21-11-6-4-9-19(21)20-10-5-7-12-22(20)24/h4-7,9-15,24-25H,3,8,16H2,1-2H3,(H,29,31)(H,30,34)(H,32,33)/t25-/m1/s1. The number of carboxylic acids is 1. The van der Waals surface area contributed by atoms with Gasteiger partial charge in [-0.1, -0.05) is 67.9 Å². The zero-order chi connectivity index (χ0) is 24.9. The van der Waals surface area contributed by atoms with Crippen LogP contribution in [-0.2, 0) is 9.53 Å². The van der Waals surface area contributed by atoms with Gasteiger partial charge in [-0.05, 0) is 53.3 Å². The number of carboxylic acid groups (broad SMARTS) is 1. The van der Waals surface area contributed by atoms with E-state index in [1.165, 1.54) is 6.07 Å². The average molecular weight is 473 g/mol. The van der Waals surface area contributed by atoms with Gasteiger partial charge < -0.3 is 20.5 Å². The van der Waals surface area contributed by atoms with Gasteiger partial charge in [0.1, 0.15) is 12.6 Å². The number of alkyl carbamates (subject to hydrolysis) is 1. The van der Waals surface area contributed by atoms with Crippen molar-refractivity contribution in [2.75, 3.05) is 11.9 Å². The molecule has 0 heterocycles. The highest BCUT2D eigenvalue weighted by molar-refractivity contribution is 5.98. The fourth-order valence-corrected chi connectivity index (χ4v) is 4.50. The van der Waals surface area contributed by atoms with Crippen LogP contribution in [0.4, 0.5) is 10.5 Å². The third-order valence-corrected chi connectivity index (χ3v) is 6.27. The predicted molar refractivity (Wildman–Crippen MR) is 134 cm³/mol. The molecule has 0 unspecified atom stereocenters. The first-order valence-electron chi connectivity index (χ1n) is 11.6. The van der Waals surface area contributed by atoms with Crippen LogP contribution in [0.25, 0.3) is 11.1 Å². The molecule has 7 nitrogen and oxygen atoms in total. The smallest absolute Gasteiger partial charge is 0.407 e. The number of rotatable bonds is 8. The summed E-state index contributed by atoms with van der Waals surface area (Å²) in [5.41, 5.74) is 5.56. The molecule has 3 N–H and O–H groups in total. The third-order valence-electron chi connectivity index (χ3n) is 6.27. The van der Waals surface area contributed by atoms with Gasteiger partial charge in [0, 0.05) is 11.6 Å². The van der Waals surface area contributed by atoms with Crippen LogP contribution in [0, 0.1) is 6.92 Å². The average Bonchev–Trinajstić information content (AvgIpc) is 3.17. The van der Waals surface area contributed by atoms with E-state index in [0.29, 0.717) is 24.1 Å². The number of carbonyl (C=O) groups is 3. The Morgan fingerprint density at radius 3 is 2.20 bits per heavy atom. The Kier molecular flexibility index (Phi) is 7.15. The van der Waals surface area contributed by atoms with Gasteiger partial charge in [0.15, 0.2) is 0 Å². The van der Waals surface area contributed by atoms with Crippen molar-refractivity contribution in [3.8, 4) is 11.1 Å². The minimum Gasteiger partial charge on any atom is -0.478 e. The Morgan fingerprint density at radius 1 is 0.971 bits per heavy atom. The van der Waals surface area contributed by atoms with Crippen molar-refractivity contribution < 1.29 is 24.2 Å². The third kappa shape index (κ3) is 5.19. The summed E-state index contributed by atoms with van der Waals surface area (Å²) < 4.78 is 5.58. The molecule has 0 saturated carbocycles. The zero-order valence-electron chi connectivity index (χ0n) is 19.7. The summed E-state index contributed by atoms with van der Waals surface area (Å²) in [6, 6.07) is 20.0. The van der Waals surface area contributed by atoms with E-state index in [2.05, 4.69) is 22.8 Å². The van der Waals surface area contributed by atoms with Gasteiger partial charge in [0.2, 0.25) is 5.91 Å². The number of ether oxygens (including phenoxy) is 1. The van der Waals surface area contributed by atoms with Gasteiger partial charge in [0.25, 0.3) is 0 Å². The fraction of sp³-hybridized carbons (Fsp3) is 0.250. The number of carbonyl (C=O) groups excluding carboxylic acids is 2. The molecule has 0 aromatic heterocycles. The lowest BCUT2D eigenvalue weighted by molar-refractivity contribution is -0.118. The van der Waals surface area contributed by atoms with Crippen LogP contribution >= 0.6 is 0 Å². The molecule has 35 heavy (non-hydrogen) atoms. The highest BCUT2D eigenvalue weighted by Gasteiger charge is 2.29. The first-order valence-corrected chi connectivity index (χ1v) is 11.6. The van der Waals surface area contributed by atoms with Crippen LogP contribution in [0.1, 0.15) is 52.7 Å². The lowest BCUT2D eigenvalue weighted by atomic mass is 9.98. The summed E-state index contributed by atoms with van der Waals surface area (Å²) in [5, 5.41) is 14.7. The lowest BCUT2D eigenvalue weighted by Gasteiger charge is -2.19. The summed E-state index contributed by atoms with van der Waals surface area (Å²) in [5.74, 6) is -1.57. The minimum atomic E-state index is -1.07. The molecule has 1 aliphatic rings. The maximum absolute atomic E-state index is 12.9. The van der Waals surface area contributed by atoms with Gasteiger partial charge in [-0.15, -0.1) is 0 Å². The van der Waals surface area contributed by atoms with Crippen LogP contribution < -0.4 is 10.6 Å². The molecule has 0 saturated heterocycles. The van der Waals surface area contributed by atoms with Crippen molar-refractivity contribution in [3.05, 3.63) is 89.0 Å². The first-order chi connectivity index (χ1) is 16.9. The number of amides is 2. The number of anilines is 1.